The van der Waals surface area contributed by atoms with Crippen LogP contribution in [0.4, 0.5) is 5.82 Å². The fraction of sp³-hybridized carbons (Fsp3) is 0.400. The van der Waals surface area contributed by atoms with E-state index in [1.165, 1.54) is 5.56 Å². The number of pyridine rings is 2. The molecule has 7 nitrogen and oxygen atoms in total. The molecule has 0 bridgehead atoms. The zero-order valence-corrected chi connectivity index (χ0v) is 20.5. The van der Waals surface area contributed by atoms with Crippen LogP contribution in [-0.4, -0.2) is 51.8 Å². The quantitative estimate of drug-likeness (QED) is 0.563. The normalized spacial score (nSPS) is 20.1. The number of para-hydroxylation sites is 1. The Morgan fingerprint density at radius 3 is 2.79 bits per heavy atom. The second-order valence-corrected chi connectivity index (χ2v) is 10.2. The van der Waals surface area contributed by atoms with E-state index in [-0.39, 0.29) is 23.9 Å². The molecule has 3 aliphatic rings. The van der Waals surface area contributed by atoms with Crippen molar-refractivity contribution in [1.29, 1.82) is 0 Å². The maximum absolute atomic E-state index is 12.4. The standard InChI is InChI=1S/C25H27N5O2S.ClH/c31-22-15-33-21-6-5-19(27-25(21)28-22)12-26-18-8-10-29(11-9-18)13-17-14-30-23(32)7-4-16-2-1-3-20(17)24(16)30;/h1-7,17-18,26H,8-15H2,(H,27,28,31);1H. The lowest BCUT2D eigenvalue weighted by molar-refractivity contribution is -0.113. The van der Waals surface area contributed by atoms with Crippen LogP contribution in [0, 0.1) is 0 Å². The molecule has 1 fully saturated rings. The molecule has 2 aromatic heterocycles. The molecule has 3 aromatic rings. The SMILES string of the molecule is Cl.O=C1CSc2ccc(CNC3CCN(CC4Cn5c(=O)ccc6cccc4c65)CC3)nc2N1. The molecule has 1 saturated heterocycles. The van der Waals surface area contributed by atoms with Gasteiger partial charge in [-0.25, -0.2) is 4.98 Å². The summed E-state index contributed by atoms with van der Waals surface area (Å²) in [6.45, 7) is 4.60. The largest absolute Gasteiger partial charge is 0.309 e. The number of carbonyl (C=O) groups excluding carboxylic acids is 1. The van der Waals surface area contributed by atoms with E-state index in [4.69, 9.17) is 0 Å². The Hall–Kier alpha value is -2.39. The van der Waals surface area contributed by atoms with Crippen molar-refractivity contribution in [2.75, 3.05) is 30.7 Å². The number of amides is 1. The van der Waals surface area contributed by atoms with Crippen molar-refractivity contribution >= 4 is 46.8 Å². The molecular formula is C25H28ClN5O2S. The van der Waals surface area contributed by atoms with Crippen molar-refractivity contribution in [3.05, 3.63) is 64.1 Å². The predicted molar refractivity (Wildman–Crippen MR) is 138 cm³/mol. The van der Waals surface area contributed by atoms with Gasteiger partial charge in [-0.05, 0) is 55.1 Å². The van der Waals surface area contributed by atoms with Crippen molar-refractivity contribution in [2.45, 2.75) is 42.8 Å². The van der Waals surface area contributed by atoms with Crippen LogP contribution in [0.25, 0.3) is 10.9 Å². The zero-order valence-electron chi connectivity index (χ0n) is 18.8. The van der Waals surface area contributed by atoms with Crippen molar-refractivity contribution < 1.29 is 4.79 Å². The third-order valence-electron chi connectivity index (χ3n) is 7.05. The fourth-order valence-corrected chi connectivity index (χ4v) is 6.11. The van der Waals surface area contributed by atoms with E-state index >= 15 is 0 Å². The third kappa shape index (κ3) is 4.47. The maximum atomic E-state index is 12.4. The van der Waals surface area contributed by atoms with Crippen molar-refractivity contribution in [2.24, 2.45) is 0 Å². The molecule has 9 heteroatoms. The molecule has 34 heavy (non-hydrogen) atoms. The molecule has 1 aromatic carbocycles. The van der Waals surface area contributed by atoms with Gasteiger partial charge in [0.15, 0.2) is 0 Å². The zero-order chi connectivity index (χ0) is 22.4. The predicted octanol–water partition coefficient (Wildman–Crippen LogP) is 3.21. The van der Waals surface area contributed by atoms with Gasteiger partial charge in [-0.1, -0.05) is 18.2 Å². The highest BCUT2D eigenvalue weighted by atomic mass is 35.5. The number of rotatable bonds is 5. The lowest BCUT2D eigenvalue weighted by atomic mass is 9.97. The lowest BCUT2D eigenvalue weighted by Gasteiger charge is -2.34. The summed E-state index contributed by atoms with van der Waals surface area (Å²) in [6.07, 6.45) is 2.20. The van der Waals surface area contributed by atoms with Gasteiger partial charge in [-0.15, -0.1) is 24.2 Å². The van der Waals surface area contributed by atoms with E-state index < -0.39 is 0 Å². The third-order valence-corrected chi connectivity index (χ3v) is 8.10. The number of aromatic nitrogens is 2. The molecule has 1 atom stereocenters. The number of carbonyl (C=O) groups is 1. The van der Waals surface area contributed by atoms with Gasteiger partial charge in [0.2, 0.25) is 5.91 Å². The molecule has 0 aliphatic carbocycles. The smallest absolute Gasteiger partial charge is 0.251 e. The van der Waals surface area contributed by atoms with E-state index in [2.05, 4.69) is 44.8 Å². The molecule has 2 N–H and O–H groups in total. The van der Waals surface area contributed by atoms with Gasteiger partial charge in [0.1, 0.15) is 5.82 Å². The summed E-state index contributed by atoms with van der Waals surface area (Å²) in [5.41, 5.74) is 3.50. The summed E-state index contributed by atoms with van der Waals surface area (Å²) in [7, 11) is 0. The summed E-state index contributed by atoms with van der Waals surface area (Å²) in [4.78, 5) is 32.2. The highest BCUT2D eigenvalue weighted by molar-refractivity contribution is 8.00. The monoisotopic (exact) mass is 497 g/mol. The van der Waals surface area contributed by atoms with Crippen LogP contribution in [0.2, 0.25) is 0 Å². The number of anilines is 1. The number of thioether (sulfide) groups is 1. The van der Waals surface area contributed by atoms with Gasteiger partial charge >= 0.3 is 0 Å². The van der Waals surface area contributed by atoms with Crippen LogP contribution >= 0.6 is 24.2 Å². The van der Waals surface area contributed by atoms with Crippen LogP contribution in [0.3, 0.4) is 0 Å². The number of halogens is 1. The average molecular weight is 498 g/mol. The van der Waals surface area contributed by atoms with Crippen LogP contribution in [-0.2, 0) is 17.9 Å². The fourth-order valence-electron chi connectivity index (χ4n) is 5.36. The lowest BCUT2D eigenvalue weighted by Crippen LogP contribution is -2.43. The Bertz CT molecular complexity index is 1290. The number of nitrogens with zero attached hydrogens (tertiary/aromatic N) is 3. The highest BCUT2D eigenvalue weighted by Gasteiger charge is 2.28. The Morgan fingerprint density at radius 1 is 1.09 bits per heavy atom. The van der Waals surface area contributed by atoms with Crippen LogP contribution in [0.15, 0.2) is 52.2 Å². The molecule has 3 aliphatic heterocycles. The average Bonchev–Trinajstić information content (AvgIpc) is 3.21. The second kappa shape index (κ2) is 9.70. The van der Waals surface area contributed by atoms with Crippen molar-refractivity contribution in [3.63, 3.8) is 0 Å². The van der Waals surface area contributed by atoms with Gasteiger partial charge in [-0.2, -0.15) is 0 Å². The molecular weight excluding hydrogens is 470 g/mol. The van der Waals surface area contributed by atoms with Gasteiger partial charge < -0.3 is 20.1 Å². The topological polar surface area (TPSA) is 79.3 Å². The van der Waals surface area contributed by atoms with Crippen molar-refractivity contribution in [3.8, 4) is 0 Å². The molecule has 5 heterocycles. The summed E-state index contributed by atoms with van der Waals surface area (Å²) in [5.74, 6) is 1.55. The number of benzene rings is 1. The van der Waals surface area contributed by atoms with Crippen molar-refractivity contribution in [1.82, 2.24) is 19.8 Å². The van der Waals surface area contributed by atoms with Gasteiger partial charge in [0.25, 0.3) is 5.56 Å². The molecule has 0 saturated carbocycles. The molecule has 6 rings (SSSR count). The molecule has 0 radical (unpaired) electrons. The minimum Gasteiger partial charge on any atom is -0.309 e. The number of likely N-dealkylation sites (tertiary alicyclic amines) is 1. The Kier molecular flexibility index (Phi) is 6.66. The minimum atomic E-state index is 0. The van der Waals surface area contributed by atoms with Crippen LogP contribution in [0.1, 0.15) is 30.0 Å². The summed E-state index contributed by atoms with van der Waals surface area (Å²) < 4.78 is 1.95. The molecule has 178 valence electrons. The van der Waals surface area contributed by atoms with E-state index in [1.54, 1.807) is 17.8 Å². The summed E-state index contributed by atoms with van der Waals surface area (Å²) in [6, 6.07) is 14.6. The van der Waals surface area contributed by atoms with Crippen LogP contribution in [0.5, 0.6) is 0 Å². The number of nitrogens with one attached hydrogen (secondary N) is 2. The molecule has 1 unspecified atom stereocenters. The number of hydrogen-bond donors (Lipinski definition) is 2. The van der Waals surface area contributed by atoms with Gasteiger partial charge in [0, 0.05) is 37.7 Å². The number of piperidine rings is 1. The van der Waals surface area contributed by atoms with Crippen LogP contribution < -0.4 is 16.2 Å². The van der Waals surface area contributed by atoms with Gasteiger partial charge in [0.05, 0.1) is 21.9 Å². The maximum Gasteiger partial charge on any atom is 0.251 e. The number of hydrogen-bond acceptors (Lipinski definition) is 6. The minimum absolute atomic E-state index is 0. The first kappa shape index (κ1) is 23.4. The first-order valence-corrected chi connectivity index (χ1v) is 12.6. The van der Waals surface area contributed by atoms with E-state index in [1.807, 2.05) is 16.7 Å². The Morgan fingerprint density at radius 2 is 1.94 bits per heavy atom. The summed E-state index contributed by atoms with van der Waals surface area (Å²) >= 11 is 1.54. The Balaban J connectivity index is 0.00000241. The Labute approximate surface area is 208 Å². The summed E-state index contributed by atoms with van der Waals surface area (Å²) in [5, 5.41) is 7.68. The highest BCUT2D eigenvalue weighted by Crippen LogP contribution is 2.33. The first-order chi connectivity index (χ1) is 16.1. The van der Waals surface area contributed by atoms with E-state index in [0.29, 0.717) is 30.1 Å². The molecule has 0 spiro atoms. The van der Waals surface area contributed by atoms with E-state index in [9.17, 15) is 9.59 Å². The van der Waals surface area contributed by atoms with Gasteiger partial charge in [-0.3, -0.25) is 9.59 Å². The number of fused-ring (bicyclic) bond motifs is 1. The van der Waals surface area contributed by atoms with E-state index in [0.717, 1.165) is 60.5 Å². The second-order valence-electron chi connectivity index (χ2n) is 9.21. The first-order valence-electron chi connectivity index (χ1n) is 11.6. The molecule has 1 amide bonds.